The van der Waals surface area contributed by atoms with Crippen molar-refractivity contribution in [1.29, 1.82) is 0 Å². The minimum Gasteiger partial charge on any atom is -0.365 e. The van der Waals surface area contributed by atoms with Crippen molar-refractivity contribution in [3.8, 4) is 0 Å². The van der Waals surface area contributed by atoms with Crippen LogP contribution in [-0.4, -0.2) is 48.4 Å². The number of ether oxygens (including phenoxy) is 1. The molecule has 1 unspecified atom stereocenters. The van der Waals surface area contributed by atoms with E-state index in [2.05, 4.69) is 17.1 Å². The summed E-state index contributed by atoms with van der Waals surface area (Å²) in [5, 5.41) is 4.02. The molecule has 19 heavy (non-hydrogen) atoms. The quantitative estimate of drug-likeness (QED) is 0.566. The zero-order chi connectivity index (χ0) is 14.0. The molecule has 0 aromatic heterocycles. The Bertz CT molecular complexity index is 371. The van der Waals surface area contributed by atoms with Crippen LogP contribution in [0.25, 0.3) is 0 Å². The topological polar surface area (TPSA) is 51.1 Å². The predicted octanol–water partition coefficient (Wildman–Crippen LogP) is 1.81. The SMILES string of the molecule is CC(C)C(=O)O/N=C1/CC2(CCN(C)CC2)OC1C. The Morgan fingerprint density at radius 1 is 1.47 bits per heavy atom. The van der Waals surface area contributed by atoms with Gasteiger partial charge >= 0.3 is 5.97 Å². The van der Waals surface area contributed by atoms with Gasteiger partial charge in [-0.05, 0) is 26.8 Å². The molecule has 0 amide bonds. The summed E-state index contributed by atoms with van der Waals surface area (Å²) in [5.74, 6) is -0.441. The molecule has 2 heterocycles. The smallest absolute Gasteiger partial charge is 0.337 e. The number of hydrogen-bond acceptors (Lipinski definition) is 5. The summed E-state index contributed by atoms with van der Waals surface area (Å²) in [6, 6.07) is 0. The number of nitrogens with zero attached hydrogens (tertiary/aromatic N) is 2. The van der Waals surface area contributed by atoms with Crippen molar-refractivity contribution in [3.05, 3.63) is 0 Å². The molecule has 1 spiro atoms. The van der Waals surface area contributed by atoms with Gasteiger partial charge in [0.1, 0.15) is 0 Å². The van der Waals surface area contributed by atoms with Crippen molar-refractivity contribution in [3.63, 3.8) is 0 Å². The van der Waals surface area contributed by atoms with E-state index in [0.717, 1.165) is 38.1 Å². The molecule has 2 aliphatic heterocycles. The monoisotopic (exact) mass is 268 g/mol. The van der Waals surface area contributed by atoms with Crippen LogP contribution >= 0.6 is 0 Å². The van der Waals surface area contributed by atoms with Crippen molar-refractivity contribution in [1.82, 2.24) is 4.90 Å². The third kappa shape index (κ3) is 3.34. The normalized spacial score (nSPS) is 29.3. The van der Waals surface area contributed by atoms with Crippen molar-refractivity contribution >= 4 is 11.7 Å². The van der Waals surface area contributed by atoms with Gasteiger partial charge in [-0.1, -0.05) is 19.0 Å². The number of oxime groups is 1. The highest BCUT2D eigenvalue weighted by molar-refractivity contribution is 5.91. The lowest BCUT2D eigenvalue weighted by atomic mass is 9.88. The summed E-state index contributed by atoms with van der Waals surface area (Å²) < 4.78 is 6.09. The van der Waals surface area contributed by atoms with Crippen LogP contribution in [0.4, 0.5) is 0 Å². The fraction of sp³-hybridized carbons (Fsp3) is 0.857. The van der Waals surface area contributed by atoms with Crippen molar-refractivity contribution in [2.75, 3.05) is 20.1 Å². The molecular weight excluding hydrogens is 244 g/mol. The van der Waals surface area contributed by atoms with Crippen LogP contribution in [0.2, 0.25) is 0 Å². The van der Waals surface area contributed by atoms with Crippen LogP contribution in [0, 0.1) is 5.92 Å². The van der Waals surface area contributed by atoms with Crippen molar-refractivity contribution in [2.24, 2.45) is 11.1 Å². The minimum absolute atomic E-state index is 0.0524. The molecule has 2 aliphatic rings. The highest BCUT2D eigenvalue weighted by Gasteiger charge is 2.44. The summed E-state index contributed by atoms with van der Waals surface area (Å²) in [4.78, 5) is 18.7. The van der Waals surface area contributed by atoms with Crippen molar-refractivity contribution < 1.29 is 14.4 Å². The molecule has 5 heteroatoms. The zero-order valence-corrected chi connectivity index (χ0v) is 12.3. The summed E-state index contributed by atoms with van der Waals surface area (Å²) in [6.07, 6.45) is 2.77. The second-order valence-electron chi connectivity index (χ2n) is 6.07. The third-order valence-electron chi connectivity index (χ3n) is 4.02. The molecule has 2 fully saturated rings. The first-order chi connectivity index (χ1) is 8.92. The largest absolute Gasteiger partial charge is 0.365 e. The van der Waals surface area contributed by atoms with Crippen LogP contribution in [0.3, 0.4) is 0 Å². The van der Waals surface area contributed by atoms with Crippen LogP contribution in [-0.2, 0) is 14.4 Å². The average Bonchev–Trinajstić information content (AvgIpc) is 2.67. The molecule has 1 atom stereocenters. The second-order valence-corrected chi connectivity index (χ2v) is 6.07. The number of carbonyl (C=O) groups excluding carboxylic acids is 1. The Morgan fingerprint density at radius 2 is 2.11 bits per heavy atom. The maximum absolute atomic E-state index is 11.4. The van der Waals surface area contributed by atoms with Gasteiger partial charge < -0.3 is 14.5 Å². The Morgan fingerprint density at radius 3 is 2.68 bits per heavy atom. The number of carbonyl (C=O) groups is 1. The minimum atomic E-state index is -0.288. The third-order valence-corrected chi connectivity index (χ3v) is 4.02. The molecule has 0 aromatic rings. The molecule has 2 rings (SSSR count). The standard InChI is InChI=1S/C14H24N2O3/c1-10(2)13(17)19-15-12-9-14(18-11(12)3)5-7-16(4)8-6-14/h10-11H,5-9H2,1-4H3/b15-12-. The van der Waals surface area contributed by atoms with Crippen LogP contribution in [0.5, 0.6) is 0 Å². The fourth-order valence-corrected chi connectivity index (χ4v) is 2.59. The van der Waals surface area contributed by atoms with E-state index in [1.807, 2.05) is 6.92 Å². The van der Waals surface area contributed by atoms with E-state index in [4.69, 9.17) is 9.57 Å². The first-order valence-corrected chi connectivity index (χ1v) is 7.06. The van der Waals surface area contributed by atoms with E-state index >= 15 is 0 Å². The van der Waals surface area contributed by atoms with Crippen LogP contribution in [0.15, 0.2) is 5.16 Å². The Hall–Kier alpha value is -0.940. The average molecular weight is 268 g/mol. The summed E-state index contributed by atoms with van der Waals surface area (Å²) in [6.45, 7) is 7.68. The Balaban J connectivity index is 1.97. The maximum Gasteiger partial charge on any atom is 0.337 e. The lowest BCUT2D eigenvalue weighted by Gasteiger charge is -2.36. The van der Waals surface area contributed by atoms with E-state index in [1.54, 1.807) is 13.8 Å². The predicted molar refractivity (Wildman–Crippen MR) is 73.0 cm³/mol. The molecule has 0 aliphatic carbocycles. The van der Waals surface area contributed by atoms with Gasteiger partial charge in [0, 0.05) is 19.5 Å². The lowest BCUT2D eigenvalue weighted by Crippen LogP contribution is -2.42. The zero-order valence-electron chi connectivity index (χ0n) is 12.3. The summed E-state index contributed by atoms with van der Waals surface area (Å²) in [7, 11) is 2.13. The van der Waals surface area contributed by atoms with Gasteiger partial charge in [0.05, 0.1) is 23.3 Å². The molecule has 5 nitrogen and oxygen atoms in total. The lowest BCUT2D eigenvalue weighted by molar-refractivity contribution is -0.147. The molecular formula is C14H24N2O3. The molecule has 108 valence electrons. The van der Waals surface area contributed by atoms with Gasteiger partial charge in [0.25, 0.3) is 0 Å². The first kappa shape index (κ1) is 14.5. The van der Waals surface area contributed by atoms with Gasteiger partial charge in [-0.25, -0.2) is 4.79 Å². The second kappa shape index (κ2) is 5.59. The maximum atomic E-state index is 11.4. The van der Waals surface area contributed by atoms with Gasteiger partial charge in [-0.2, -0.15) is 0 Å². The fourth-order valence-electron chi connectivity index (χ4n) is 2.59. The first-order valence-electron chi connectivity index (χ1n) is 7.06. The molecule has 0 N–H and O–H groups in total. The number of piperidine rings is 1. The van der Waals surface area contributed by atoms with Crippen LogP contribution in [0.1, 0.15) is 40.0 Å². The number of likely N-dealkylation sites (tertiary alicyclic amines) is 1. The highest BCUT2D eigenvalue weighted by atomic mass is 16.7. The molecule has 2 saturated heterocycles. The van der Waals surface area contributed by atoms with Gasteiger partial charge in [-0.3, -0.25) is 0 Å². The molecule has 0 saturated carbocycles. The highest BCUT2D eigenvalue weighted by Crippen LogP contribution is 2.37. The number of rotatable bonds is 2. The Labute approximate surface area is 114 Å². The number of hydrogen-bond donors (Lipinski definition) is 0. The van der Waals surface area contributed by atoms with Crippen molar-refractivity contribution in [2.45, 2.75) is 51.7 Å². The molecule has 0 radical (unpaired) electrons. The van der Waals surface area contributed by atoms with E-state index in [0.29, 0.717) is 0 Å². The van der Waals surface area contributed by atoms with Gasteiger partial charge in [0.15, 0.2) is 0 Å². The van der Waals surface area contributed by atoms with Crippen LogP contribution < -0.4 is 0 Å². The molecule has 0 aromatic carbocycles. The summed E-state index contributed by atoms with van der Waals surface area (Å²) in [5.41, 5.74) is 0.771. The van der Waals surface area contributed by atoms with E-state index in [1.165, 1.54) is 0 Å². The van der Waals surface area contributed by atoms with E-state index in [9.17, 15) is 4.79 Å². The Kier molecular flexibility index (Phi) is 4.26. The van der Waals surface area contributed by atoms with E-state index < -0.39 is 0 Å². The molecule has 0 bridgehead atoms. The summed E-state index contributed by atoms with van der Waals surface area (Å²) >= 11 is 0. The van der Waals surface area contributed by atoms with E-state index in [-0.39, 0.29) is 23.6 Å². The van der Waals surface area contributed by atoms with Gasteiger partial charge in [-0.15, -0.1) is 0 Å². The van der Waals surface area contributed by atoms with Gasteiger partial charge in [0.2, 0.25) is 0 Å².